The number of rotatable bonds is 6. The predicted octanol–water partition coefficient (Wildman–Crippen LogP) is 3.89. The molecule has 4 heteroatoms. The van der Waals surface area contributed by atoms with Gasteiger partial charge in [-0.25, -0.2) is 0 Å². The maximum Gasteiger partial charge on any atom is 0.249 e. The fourth-order valence-electron chi connectivity index (χ4n) is 2.06. The molecule has 19 heavy (non-hydrogen) atoms. The standard InChI is InChI=1S/C15H21N3O/c1-4-12(5-2)10-16-14-9-7-6-8-13(14)15-18-17-11(3)19-15/h6-9,12,16H,4-5,10H2,1-3H3. The molecule has 4 nitrogen and oxygen atoms in total. The summed E-state index contributed by atoms with van der Waals surface area (Å²) in [5.74, 6) is 1.85. The number of benzene rings is 1. The number of nitrogens with one attached hydrogen (secondary N) is 1. The lowest BCUT2D eigenvalue weighted by Gasteiger charge is -2.15. The summed E-state index contributed by atoms with van der Waals surface area (Å²) in [6, 6.07) is 8.05. The first-order valence-corrected chi connectivity index (χ1v) is 6.88. The third-order valence-electron chi connectivity index (χ3n) is 3.42. The van der Waals surface area contributed by atoms with E-state index < -0.39 is 0 Å². The van der Waals surface area contributed by atoms with Crippen LogP contribution < -0.4 is 5.32 Å². The van der Waals surface area contributed by atoms with Crippen LogP contribution in [0.5, 0.6) is 0 Å². The second-order valence-corrected chi connectivity index (χ2v) is 4.74. The quantitative estimate of drug-likeness (QED) is 0.855. The molecule has 0 atom stereocenters. The zero-order chi connectivity index (χ0) is 13.7. The van der Waals surface area contributed by atoms with E-state index in [2.05, 4.69) is 35.4 Å². The summed E-state index contributed by atoms with van der Waals surface area (Å²) in [6.45, 7) is 7.22. The first-order valence-electron chi connectivity index (χ1n) is 6.88. The molecule has 0 aliphatic carbocycles. The van der Waals surface area contributed by atoms with Crippen molar-refractivity contribution in [3.8, 4) is 11.5 Å². The summed E-state index contributed by atoms with van der Waals surface area (Å²) in [6.07, 6.45) is 2.37. The Labute approximate surface area is 114 Å². The average molecular weight is 259 g/mol. The van der Waals surface area contributed by atoms with E-state index in [4.69, 9.17) is 4.42 Å². The van der Waals surface area contributed by atoms with Crippen molar-refractivity contribution in [2.24, 2.45) is 5.92 Å². The zero-order valence-corrected chi connectivity index (χ0v) is 11.8. The van der Waals surface area contributed by atoms with E-state index in [0.29, 0.717) is 17.7 Å². The van der Waals surface area contributed by atoms with Crippen molar-refractivity contribution in [2.45, 2.75) is 33.6 Å². The molecule has 0 aliphatic heterocycles. The molecule has 0 amide bonds. The van der Waals surface area contributed by atoms with E-state index in [9.17, 15) is 0 Å². The molecule has 0 radical (unpaired) electrons. The van der Waals surface area contributed by atoms with Crippen molar-refractivity contribution in [3.05, 3.63) is 30.2 Å². The van der Waals surface area contributed by atoms with Gasteiger partial charge in [0.25, 0.3) is 0 Å². The highest BCUT2D eigenvalue weighted by atomic mass is 16.4. The second-order valence-electron chi connectivity index (χ2n) is 4.74. The molecule has 0 bridgehead atoms. The van der Waals surface area contributed by atoms with E-state index in [0.717, 1.165) is 17.8 Å². The Morgan fingerprint density at radius 1 is 1.16 bits per heavy atom. The molecule has 102 valence electrons. The van der Waals surface area contributed by atoms with Crippen molar-refractivity contribution in [1.82, 2.24) is 10.2 Å². The Kier molecular flexibility index (Phi) is 4.55. The molecule has 1 N–H and O–H groups in total. The van der Waals surface area contributed by atoms with Gasteiger partial charge >= 0.3 is 0 Å². The molecule has 0 saturated carbocycles. The Hall–Kier alpha value is -1.84. The minimum atomic E-state index is 0.574. The molecule has 0 unspecified atom stereocenters. The maximum absolute atomic E-state index is 5.51. The van der Waals surface area contributed by atoms with Crippen LogP contribution in [-0.4, -0.2) is 16.7 Å². The Morgan fingerprint density at radius 3 is 2.53 bits per heavy atom. The van der Waals surface area contributed by atoms with E-state index in [-0.39, 0.29) is 0 Å². The maximum atomic E-state index is 5.51. The van der Waals surface area contributed by atoms with E-state index in [1.807, 2.05) is 18.2 Å². The van der Waals surface area contributed by atoms with Crippen LogP contribution in [0.4, 0.5) is 5.69 Å². The largest absolute Gasteiger partial charge is 0.421 e. The van der Waals surface area contributed by atoms with Gasteiger partial charge in [-0.2, -0.15) is 0 Å². The third-order valence-corrected chi connectivity index (χ3v) is 3.42. The molecule has 1 aromatic carbocycles. The summed E-state index contributed by atoms with van der Waals surface area (Å²) in [7, 11) is 0. The highest BCUT2D eigenvalue weighted by molar-refractivity contribution is 5.72. The molecule has 0 spiro atoms. The minimum absolute atomic E-state index is 0.574. The molecule has 1 aromatic heterocycles. The van der Waals surface area contributed by atoms with Crippen LogP contribution in [0.25, 0.3) is 11.5 Å². The number of aryl methyl sites for hydroxylation is 1. The SMILES string of the molecule is CCC(CC)CNc1ccccc1-c1nnc(C)o1. The monoisotopic (exact) mass is 259 g/mol. The Bertz CT molecular complexity index is 518. The first-order chi connectivity index (χ1) is 9.24. The zero-order valence-electron chi connectivity index (χ0n) is 11.8. The lowest BCUT2D eigenvalue weighted by Crippen LogP contribution is -2.13. The summed E-state index contributed by atoms with van der Waals surface area (Å²) in [5.41, 5.74) is 2.02. The smallest absolute Gasteiger partial charge is 0.249 e. The Morgan fingerprint density at radius 2 is 1.89 bits per heavy atom. The van der Waals surface area contributed by atoms with Crippen LogP contribution in [0.2, 0.25) is 0 Å². The fourth-order valence-corrected chi connectivity index (χ4v) is 2.06. The molecule has 0 saturated heterocycles. The molecule has 2 rings (SSSR count). The first kappa shape index (κ1) is 13.6. The topological polar surface area (TPSA) is 51.0 Å². The van der Waals surface area contributed by atoms with Gasteiger partial charge in [0.1, 0.15) is 0 Å². The van der Waals surface area contributed by atoms with Crippen LogP contribution in [0, 0.1) is 12.8 Å². The molecule has 0 fully saturated rings. The number of hydrogen-bond acceptors (Lipinski definition) is 4. The third kappa shape index (κ3) is 3.34. The summed E-state index contributed by atoms with van der Waals surface area (Å²) in [5, 5.41) is 11.5. The molecular weight excluding hydrogens is 238 g/mol. The van der Waals surface area contributed by atoms with Crippen LogP contribution >= 0.6 is 0 Å². The van der Waals surface area contributed by atoms with Crippen molar-refractivity contribution in [3.63, 3.8) is 0 Å². The van der Waals surface area contributed by atoms with Crippen molar-refractivity contribution in [2.75, 3.05) is 11.9 Å². The van der Waals surface area contributed by atoms with Gasteiger partial charge in [-0.05, 0) is 18.1 Å². The predicted molar refractivity (Wildman–Crippen MR) is 77.0 cm³/mol. The number of hydrogen-bond donors (Lipinski definition) is 1. The lowest BCUT2D eigenvalue weighted by molar-refractivity contribution is 0.518. The van der Waals surface area contributed by atoms with Gasteiger partial charge in [-0.3, -0.25) is 0 Å². The van der Waals surface area contributed by atoms with Gasteiger partial charge in [0.2, 0.25) is 11.8 Å². The minimum Gasteiger partial charge on any atom is -0.421 e. The number of nitrogens with zero attached hydrogens (tertiary/aromatic N) is 2. The molecular formula is C15H21N3O. The molecule has 1 heterocycles. The van der Waals surface area contributed by atoms with Gasteiger partial charge in [0, 0.05) is 19.2 Å². The summed E-state index contributed by atoms with van der Waals surface area (Å²) < 4.78 is 5.51. The van der Waals surface area contributed by atoms with Gasteiger partial charge in [-0.15, -0.1) is 10.2 Å². The Balaban J connectivity index is 2.17. The highest BCUT2D eigenvalue weighted by Crippen LogP contribution is 2.27. The van der Waals surface area contributed by atoms with E-state index in [1.54, 1.807) is 6.92 Å². The normalized spacial score (nSPS) is 10.9. The van der Waals surface area contributed by atoms with Gasteiger partial charge in [0.05, 0.1) is 5.56 Å². The highest BCUT2D eigenvalue weighted by Gasteiger charge is 2.11. The van der Waals surface area contributed by atoms with Crippen LogP contribution in [-0.2, 0) is 0 Å². The van der Waals surface area contributed by atoms with Gasteiger partial charge in [0.15, 0.2) is 0 Å². The second kappa shape index (κ2) is 6.36. The molecule has 2 aromatic rings. The number of para-hydroxylation sites is 1. The lowest BCUT2D eigenvalue weighted by atomic mass is 10.0. The summed E-state index contributed by atoms with van der Waals surface area (Å²) >= 11 is 0. The number of anilines is 1. The fraction of sp³-hybridized carbons (Fsp3) is 0.467. The van der Waals surface area contributed by atoms with Crippen molar-refractivity contribution < 1.29 is 4.42 Å². The van der Waals surface area contributed by atoms with Crippen LogP contribution in [0.3, 0.4) is 0 Å². The van der Waals surface area contributed by atoms with Gasteiger partial charge < -0.3 is 9.73 Å². The van der Waals surface area contributed by atoms with E-state index >= 15 is 0 Å². The average Bonchev–Trinajstić information content (AvgIpc) is 2.87. The number of aromatic nitrogens is 2. The molecule has 0 aliphatic rings. The summed E-state index contributed by atoms with van der Waals surface area (Å²) in [4.78, 5) is 0. The van der Waals surface area contributed by atoms with Gasteiger partial charge in [-0.1, -0.05) is 38.8 Å². The van der Waals surface area contributed by atoms with Crippen molar-refractivity contribution >= 4 is 5.69 Å². The van der Waals surface area contributed by atoms with Crippen LogP contribution in [0.15, 0.2) is 28.7 Å². The van der Waals surface area contributed by atoms with Crippen molar-refractivity contribution in [1.29, 1.82) is 0 Å². The van der Waals surface area contributed by atoms with E-state index in [1.165, 1.54) is 12.8 Å². The van der Waals surface area contributed by atoms with Crippen LogP contribution in [0.1, 0.15) is 32.6 Å².